The summed E-state index contributed by atoms with van der Waals surface area (Å²) in [7, 11) is 1.68. The lowest BCUT2D eigenvalue weighted by molar-refractivity contribution is -0.0893. The van der Waals surface area contributed by atoms with Gasteiger partial charge in [0.25, 0.3) is 0 Å². The van der Waals surface area contributed by atoms with Crippen molar-refractivity contribution in [2.24, 2.45) is 0 Å². The molecule has 0 saturated heterocycles. The molecule has 0 bridgehead atoms. The lowest BCUT2D eigenvalue weighted by Crippen LogP contribution is -2.49. The molecule has 1 aliphatic rings. The third kappa shape index (κ3) is 3.42. The number of hydrogen-bond acceptors (Lipinski definition) is 3. The van der Waals surface area contributed by atoms with Crippen LogP contribution < -0.4 is 5.46 Å². The monoisotopic (exact) mass is 346 g/mol. The summed E-state index contributed by atoms with van der Waals surface area (Å²) in [4.78, 5) is 0. The van der Waals surface area contributed by atoms with Gasteiger partial charge in [-0.1, -0.05) is 54.0 Å². The Bertz CT molecular complexity index is 821. The summed E-state index contributed by atoms with van der Waals surface area (Å²) in [6, 6.07) is 18.8. The molecule has 1 radical (unpaired) electrons. The predicted molar refractivity (Wildman–Crippen MR) is 104 cm³/mol. The zero-order valence-corrected chi connectivity index (χ0v) is 15.9. The third-order valence-electron chi connectivity index (χ3n) is 5.72. The van der Waals surface area contributed by atoms with E-state index in [0.717, 1.165) is 23.9 Å². The summed E-state index contributed by atoms with van der Waals surface area (Å²) < 4.78 is 5.87. The fourth-order valence-corrected chi connectivity index (χ4v) is 3.23. The molecular weight excluding hydrogens is 321 g/mol. The molecule has 0 spiro atoms. The molecule has 0 unspecified atom stereocenters. The number of nitriles is 1. The Balaban J connectivity index is 1.83. The fourth-order valence-electron chi connectivity index (χ4n) is 3.23. The van der Waals surface area contributed by atoms with Crippen molar-refractivity contribution in [2.75, 3.05) is 0 Å². The van der Waals surface area contributed by atoms with E-state index < -0.39 is 16.6 Å². The van der Waals surface area contributed by atoms with Crippen molar-refractivity contribution in [3.8, 4) is 6.07 Å². The number of nitrogens with zero attached hydrogens (tertiary/aromatic N) is 1. The first-order chi connectivity index (χ1) is 12.2. The van der Waals surface area contributed by atoms with Crippen molar-refractivity contribution < 1.29 is 9.76 Å². The molecule has 2 aromatic carbocycles. The predicted octanol–water partition coefficient (Wildman–Crippen LogP) is 3.06. The van der Waals surface area contributed by atoms with E-state index in [9.17, 15) is 10.4 Å². The van der Waals surface area contributed by atoms with E-state index in [1.807, 2.05) is 50.2 Å². The van der Waals surface area contributed by atoms with Crippen molar-refractivity contribution in [2.45, 2.75) is 57.2 Å². The molecule has 1 aliphatic carbocycles. The van der Waals surface area contributed by atoms with E-state index in [1.165, 1.54) is 11.1 Å². The number of hydrogen-bond donors (Lipinski definition) is 1. The van der Waals surface area contributed by atoms with Crippen LogP contribution in [0.1, 0.15) is 44.4 Å². The van der Waals surface area contributed by atoms with E-state index in [4.69, 9.17) is 4.65 Å². The molecule has 0 fully saturated rings. The second-order valence-electron chi connectivity index (χ2n) is 8.25. The molecule has 0 aromatic heterocycles. The molecule has 0 amide bonds. The Labute approximate surface area is 156 Å². The Morgan fingerprint density at radius 3 is 2.19 bits per heavy atom. The number of rotatable bonds is 5. The van der Waals surface area contributed by atoms with Gasteiger partial charge in [-0.2, -0.15) is 5.26 Å². The number of fused-ring (bicyclic) bond motifs is 1. The lowest BCUT2D eigenvalue weighted by atomic mass is 9.75. The van der Waals surface area contributed by atoms with Crippen LogP contribution in [-0.4, -0.2) is 23.8 Å². The zero-order valence-electron chi connectivity index (χ0n) is 15.9. The molecule has 1 N–H and O–H groups in total. The van der Waals surface area contributed by atoms with Gasteiger partial charge in [0.05, 0.1) is 22.7 Å². The van der Waals surface area contributed by atoms with Crippen molar-refractivity contribution >= 4 is 12.9 Å². The quantitative estimate of drug-likeness (QED) is 0.847. The molecule has 26 heavy (non-hydrogen) atoms. The minimum atomic E-state index is -0.970. The summed E-state index contributed by atoms with van der Waals surface area (Å²) in [5.41, 5.74) is 2.19. The van der Waals surface area contributed by atoms with E-state index in [2.05, 4.69) is 18.2 Å². The molecule has 133 valence electrons. The zero-order chi connectivity index (χ0) is 19.0. The molecule has 3 nitrogen and oxygen atoms in total. The maximum atomic E-state index is 10.2. The van der Waals surface area contributed by atoms with Gasteiger partial charge in [-0.05, 0) is 57.2 Å². The Kier molecular flexibility index (Phi) is 4.73. The third-order valence-corrected chi connectivity index (χ3v) is 5.72. The molecule has 2 aromatic rings. The molecule has 3 rings (SSSR count). The molecule has 0 atom stereocenters. The van der Waals surface area contributed by atoms with Crippen LogP contribution in [0, 0.1) is 11.3 Å². The maximum Gasteiger partial charge on any atom is 0.330 e. The van der Waals surface area contributed by atoms with E-state index >= 15 is 0 Å². The number of benzene rings is 2. The average molecular weight is 346 g/mol. The highest BCUT2D eigenvalue weighted by atomic mass is 16.5. The Morgan fingerprint density at radius 2 is 1.65 bits per heavy atom. The van der Waals surface area contributed by atoms with Gasteiger partial charge in [0, 0.05) is 0 Å². The van der Waals surface area contributed by atoms with E-state index in [-0.39, 0.29) is 0 Å². The summed E-state index contributed by atoms with van der Waals surface area (Å²) in [5, 5.41) is 20.2. The van der Waals surface area contributed by atoms with Gasteiger partial charge < -0.3 is 9.76 Å². The highest BCUT2D eigenvalue weighted by molar-refractivity contribution is 6.47. The summed E-state index contributed by atoms with van der Waals surface area (Å²) in [6.45, 7) is 7.19. The maximum absolute atomic E-state index is 10.2. The van der Waals surface area contributed by atoms with Crippen LogP contribution in [0.25, 0.3) is 0 Å². The Hall–Kier alpha value is -2.09. The van der Waals surface area contributed by atoms with Crippen LogP contribution in [0.15, 0.2) is 48.5 Å². The average Bonchev–Trinajstić information content (AvgIpc) is 2.99. The van der Waals surface area contributed by atoms with Gasteiger partial charge in [-0.15, -0.1) is 0 Å². The number of aliphatic hydroxyl groups is 1. The SMILES string of the molecule is CC(C)(O)C(C)(C)O[B]c1cccc(C2(C#N)Cc3ccccc3C2)c1. The Morgan fingerprint density at radius 1 is 1.04 bits per heavy atom. The minimum absolute atomic E-state index is 0.528. The van der Waals surface area contributed by atoms with Crippen molar-refractivity contribution in [3.63, 3.8) is 0 Å². The fraction of sp³-hybridized carbons (Fsp3) is 0.409. The van der Waals surface area contributed by atoms with Gasteiger partial charge in [-0.3, -0.25) is 0 Å². The van der Waals surface area contributed by atoms with Crippen molar-refractivity contribution in [3.05, 3.63) is 65.2 Å². The van der Waals surface area contributed by atoms with Gasteiger partial charge in [0.15, 0.2) is 0 Å². The topological polar surface area (TPSA) is 53.2 Å². The van der Waals surface area contributed by atoms with Crippen molar-refractivity contribution in [1.29, 1.82) is 5.26 Å². The van der Waals surface area contributed by atoms with Crippen LogP contribution in [0.3, 0.4) is 0 Å². The first-order valence-corrected chi connectivity index (χ1v) is 8.99. The van der Waals surface area contributed by atoms with Crippen LogP contribution in [-0.2, 0) is 22.9 Å². The smallest absolute Gasteiger partial charge is 0.330 e. The van der Waals surface area contributed by atoms with Gasteiger partial charge in [0.1, 0.15) is 0 Å². The van der Waals surface area contributed by atoms with Crippen LogP contribution >= 0.6 is 0 Å². The summed E-state index contributed by atoms with van der Waals surface area (Å²) in [5.74, 6) is 0. The van der Waals surface area contributed by atoms with Crippen LogP contribution in [0.4, 0.5) is 0 Å². The normalized spacial score (nSPS) is 16.0. The van der Waals surface area contributed by atoms with Gasteiger partial charge in [0.2, 0.25) is 0 Å². The highest BCUT2D eigenvalue weighted by Crippen LogP contribution is 2.39. The largest absolute Gasteiger partial charge is 0.427 e. The van der Waals surface area contributed by atoms with E-state index in [0.29, 0.717) is 0 Å². The van der Waals surface area contributed by atoms with E-state index in [1.54, 1.807) is 21.3 Å². The molecule has 4 heteroatoms. The van der Waals surface area contributed by atoms with Crippen LogP contribution in [0.5, 0.6) is 0 Å². The molecule has 0 aliphatic heterocycles. The highest BCUT2D eigenvalue weighted by Gasteiger charge is 2.39. The summed E-state index contributed by atoms with van der Waals surface area (Å²) in [6.07, 6.45) is 1.47. The molecule has 0 saturated carbocycles. The second-order valence-corrected chi connectivity index (χ2v) is 8.25. The van der Waals surface area contributed by atoms with Crippen LogP contribution in [0.2, 0.25) is 0 Å². The first kappa shape index (κ1) is 18.7. The van der Waals surface area contributed by atoms with Crippen molar-refractivity contribution in [1.82, 2.24) is 0 Å². The van der Waals surface area contributed by atoms with Gasteiger partial charge in [-0.25, -0.2) is 0 Å². The molecular formula is C22H25BNO2. The summed E-state index contributed by atoms with van der Waals surface area (Å²) >= 11 is 0. The first-order valence-electron chi connectivity index (χ1n) is 8.99. The second kappa shape index (κ2) is 6.57. The lowest BCUT2D eigenvalue weighted by Gasteiger charge is -2.37. The minimum Gasteiger partial charge on any atom is -0.427 e. The van der Waals surface area contributed by atoms with Gasteiger partial charge >= 0.3 is 7.48 Å². The molecule has 0 heterocycles. The standard InChI is InChI=1S/C22H25BNO2/c1-20(2,25)21(3,4)26-23-19-11-7-10-18(12-19)22(15-24)13-16-8-5-6-9-17(16)14-22/h5-12,25H,13-14H2,1-4H3.